The molecule has 16 heavy (non-hydrogen) atoms. The van der Waals surface area contributed by atoms with Crippen LogP contribution in [0, 0.1) is 6.92 Å². The molecule has 2 heterocycles. The molecule has 1 fully saturated rings. The van der Waals surface area contributed by atoms with Gasteiger partial charge in [0, 0.05) is 0 Å². The van der Waals surface area contributed by atoms with Crippen LogP contribution in [0.4, 0.5) is 0 Å². The van der Waals surface area contributed by atoms with Crippen LogP contribution in [0.2, 0.25) is 0 Å². The SMILES string of the molecule is Cc1ccc2ncn(CN3CCCC3)c2c1. The second-order valence-corrected chi connectivity index (χ2v) is 4.67. The first-order valence-corrected chi connectivity index (χ1v) is 5.97. The van der Waals surface area contributed by atoms with E-state index in [2.05, 4.69) is 39.6 Å². The zero-order valence-corrected chi connectivity index (χ0v) is 9.69. The lowest BCUT2D eigenvalue weighted by molar-refractivity contribution is 0.274. The van der Waals surface area contributed by atoms with Crippen molar-refractivity contribution in [3.8, 4) is 0 Å². The third-order valence-corrected chi connectivity index (χ3v) is 3.33. The second-order valence-electron chi connectivity index (χ2n) is 4.67. The Morgan fingerprint density at radius 2 is 2.06 bits per heavy atom. The predicted molar refractivity (Wildman–Crippen MR) is 65.3 cm³/mol. The first-order chi connectivity index (χ1) is 7.83. The number of nitrogens with zero attached hydrogens (tertiary/aromatic N) is 3. The summed E-state index contributed by atoms with van der Waals surface area (Å²) >= 11 is 0. The van der Waals surface area contributed by atoms with Gasteiger partial charge in [-0.3, -0.25) is 4.90 Å². The Hall–Kier alpha value is -1.35. The predicted octanol–water partition coefficient (Wildman–Crippen LogP) is 2.40. The largest absolute Gasteiger partial charge is 0.317 e. The lowest BCUT2D eigenvalue weighted by Gasteiger charge is -2.15. The summed E-state index contributed by atoms with van der Waals surface area (Å²) in [5.74, 6) is 0. The number of fused-ring (bicyclic) bond motifs is 1. The van der Waals surface area contributed by atoms with Gasteiger partial charge in [0.1, 0.15) is 0 Å². The summed E-state index contributed by atoms with van der Waals surface area (Å²) in [6, 6.07) is 6.44. The fourth-order valence-corrected chi connectivity index (χ4v) is 2.42. The fraction of sp³-hybridized carbons (Fsp3) is 0.462. The maximum atomic E-state index is 4.44. The number of hydrogen-bond donors (Lipinski definition) is 0. The van der Waals surface area contributed by atoms with Crippen LogP contribution in [0.5, 0.6) is 0 Å². The zero-order chi connectivity index (χ0) is 11.0. The van der Waals surface area contributed by atoms with Gasteiger partial charge in [0.2, 0.25) is 0 Å². The third-order valence-electron chi connectivity index (χ3n) is 3.33. The molecule has 3 heteroatoms. The van der Waals surface area contributed by atoms with Crippen molar-refractivity contribution in [2.75, 3.05) is 13.1 Å². The average molecular weight is 215 g/mol. The normalized spacial score (nSPS) is 17.3. The van der Waals surface area contributed by atoms with E-state index in [9.17, 15) is 0 Å². The summed E-state index contributed by atoms with van der Waals surface area (Å²) < 4.78 is 2.26. The molecule has 0 spiro atoms. The summed E-state index contributed by atoms with van der Waals surface area (Å²) in [6.45, 7) is 5.57. The monoisotopic (exact) mass is 215 g/mol. The molecule has 0 bridgehead atoms. The molecule has 1 saturated heterocycles. The van der Waals surface area contributed by atoms with E-state index >= 15 is 0 Å². The minimum Gasteiger partial charge on any atom is -0.317 e. The van der Waals surface area contributed by atoms with Crippen LogP contribution in [0.3, 0.4) is 0 Å². The van der Waals surface area contributed by atoms with Crippen molar-refractivity contribution < 1.29 is 0 Å². The van der Waals surface area contributed by atoms with Crippen molar-refractivity contribution in [2.24, 2.45) is 0 Å². The molecule has 84 valence electrons. The Morgan fingerprint density at radius 3 is 2.88 bits per heavy atom. The van der Waals surface area contributed by atoms with Gasteiger partial charge in [0.05, 0.1) is 24.0 Å². The maximum absolute atomic E-state index is 4.44. The molecule has 0 saturated carbocycles. The highest BCUT2D eigenvalue weighted by atomic mass is 15.3. The van der Waals surface area contributed by atoms with Crippen molar-refractivity contribution in [3.05, 3.63) is 30.1 Å². The first-order valence-electron chi connectivity index (χ1n) is 5.97. The lowest BCUT2D eigenvalue weighted by atomic mass is 10.2. The summed E-state index contributed by atoms with van der Waals surface area (Å²) in [7, 11) is 0. The van der Waals surface area contributed by atoms with Crippen LogP contribution in [0.25, 0.3) is 11.0 Å². The van der Waals surface area contributed by atoms with Crippen LogP contribution >= 0.6 is 0 Å². The Morgan fingerprint density at radius 1 is 1.25 bits per heavy atom. The van der Waals surface area contributed by atoms with Crippen molar-refractivity contribution >= 4 is 11.0 Å². The van der Waals surface area contributed by atoms with E-state index < -0.39 is 0 Å². The van der Waals surface area contributed by atoms with Gasteiger partial charge in [-0.05, 0) is 50.6 Å². The number of hydrogen-bond acceptors (Lipinski definition) is 2. The summed E-state index contributed by atoms with van der Waals surface area (Å²) in [6.07, 6.45) is 4.64. The van der Waals surface area contributed by atoms with Crippen LogP contribution in [-0.2, 0) is 6.67 Å². The highest BCUT2D eigenvalue weighted by Gasteiger charge is 2.12. The van der Waals surface area contributed by atoms with Gasteiger partial charge < -0.3 is 4.57 Å². The van der Waals surface area contributed by atoms with Crippen LogP contribution < -0.4 is 0 Å². The minimum absolute atomic E-state index is 0.986. The fourth-order valence-electron chi connectivity index (χ4n) is 2.42. The van der Waals surface area contributed by atoms with Crippen LogP contribution in [0.15, 0.2) is 24.5 Å². The standard InChI is InChI=1S/C13H17N3/c1-11-4-5-12-13(8-11)16(9-14-12)10-15-6-2-3-7-15/h4-5,8-9H,2-3,6-7,10H2,1H3. The summed E-state index contributed by atoms with van der Waals surface area (Å²) in [5, 5.41) is 0. The van der Waals surface area contributed by atoms with Crippen molar-refractivity contribution in [1.82, 2.24) is 14.5 Å². The van der Waals surface area contributed by atoms with Gasteiger partial charge in [0.25, 0.3) is 0 Å². The summed E-state index contributed by atoms with van der Waals surface area (Å²) in [5.41, 5.74) is 3.66. The molecule has 2 aromatic rings. The van der Waals surface area contributed by atoms with E-state index in [4.69, 9.17) is 0 Å². The van der Waals surface area contributed by atoms with Gasteiger partial charge in [-0.25, -0.2) is 4.98 Å². The molecule has 1 aliphatic heterocycles. The smallest absolute Gasteiger partial charge is 0.0969 e. The van der Waals surface area contributed by atoms with Crippen molar-refractivity contribution in [2.45, 2.75) is 26.4 Å². The molecule has 0 radical (unpaired) electrons. The number of likely N-dealkylation sites (tertiary alicyclic amines) is 1. The van der Waals surface area contributed by atoms with E-state index in [1.807, 2.05) is 6.33 Å². The van der Waals surface area contributed by atoms with Crippen LogP contribution in [-0.4, -0.2) is 27.5 Å². The minimum atomic E-state index is 0.986. The van der Waals surface area contributed by atoms with Gasteiger partial charge in [-0.2, -0.15) is 0 Å². The molecular formula is C13H17N3. The lowest BCUT2D eigenvalue weighted by Crippen LogP contribution is -2.22. The van der Waals surface area contributed by atoms with E-state index in [0.29, 0.717) is 0 Å². The van der Waals surface area contributed by atoms with Crippen LogP contribution in [0.1, 0.15) is 18.4 Å². The van der Waals surface area contributed by atoms with Crippen molar-refractivity contribution in [3.63, 3.8) is 0 Å². The van der Waals surface area contributed by atoms with E-state index in [1.54, 1.807) is 0 Å². The highest BCUT2D eigenvalue weighted by Crippen LogP contribution is 2.16. The topological polar surface area (TPSA) is 21.1 Å². The molecule has 1 aromatic carbocycles. The van der Waals surface area contributed by atoms with E-state index in [-0.39, 0.29) is 0 Å². The van der Waals surface area contributed by atoms with Crippen molar-refractivity contribution in [1.29, 1.82) is 0 Å². The number of aromatic nitrogens is 2. The molecule has 0 aliphatic carbocycles. The third kappa shape index (κ3) is 1.71. The van der Waals surface area contributed by atoms with E-state index in [1.165, 1.54) is 37.0 Å². The Balaban J connectivity index is 1.93. The molecular weight excluding hydrogens is 198 g/mol. The number of aryl methyl sites for hydroxylation is 1. The number of benzene rings is 1. The van der Waals surface area contributed by atoms with Gasteiger partial charge in [-0.15, -0.1) is 0 Å². The molecule has 0 N–H and O–H groups in total. The molecule has 3 nitrogen and oxygen atoms in total. The Labute approximate surface area is 95.7 Å². The first kappa shape index (κ1) is 9.85. The highest BCUT2D eigenvalue weighted by molar-refractivity contribution is 5.75. The molecule has 0 amide bonds. The number of imidazole rings is 1. The molecule has 1 aromatic heterocycles. The molecule has 1 aliphatic rings. The van der Waals surface area contributed by atoms with Gasteiger partial charge in [0.15, 0.2) is 0 Å². The number of rotatable bonds is 2. The second kappa shape index (κ2) is 3.91. The average Bonchev–Trinajstić information content (AvgIpc) is 2.90. The summed E-state index contributed by atoms with van der Waals surface area (Å²) in [4.78, 5) is 6.93. The maximum Gasteiger partial charge on any atom is 0.0969 e. The Bertz CT molecular complexity index is 495. The quantitative estimate of drug-likeness (QED) is 0.767. The molecule has 0 unspecified atom stereocenters. The van der Waals surface area contributed by atoms with Gasteiger partial charge in [-0.1, -0.05) is 6.07 Å². The molecule has 0 atom stereocenters. The van der Waals surface area contributed by atoms with Gasteiger partial charge >= 0.3 is 0 Å². The zero-order valence-electron chi connectivity index (χ0n) is 9.69. The molecule has 3 rings (SSSR count). The Kier molecular flexibility index (Phi) is 2.40. The van der Waals surface area contributed by atoms with E-state index in [0.717, 1.165) is 12.2 Å².